The third-order valence-electron chi connectivity index (χ3n) is 6.31. The maximum Gasteiger partial charge on any atom is 0.416 e. The predicted molar refractivity (Wildman–Crippen MR) is 127 cm³/mol. The van der Waals surface area contributed by atoms with Crippen molar-refractivity contribution in [1.82, 2.24) is 9.88 Å². The number of carbonyl (C=O) groups is 2. The van der Waals surface area contributed by atoms with Crippen LogP contribution in [0, 0.1) is 11.3 Å². The molecular weight excluding hydrogens is 487 g/mol. The summed E-state index contributed by atoms with van der Waals surface area (Å²) >= 11 is 0. The molecule has 2 heterocycles. The number of carbonyl (C=O) groups excluding carboxylic acids is 2. The number of hydrogen-bond donors (Lipinski definition) is 1. The van der Waals surface area contributed by atoms with Gasteiger partial charge in [-0.05, 0) is 42.3 Å². The van der Waals surface area contributed by atoms with E-state index in [1.165, 1.54) is 13.2 Å². The van der Waals surface area contributed by atoms with Gasteiger partial charge in [-0.25, -0.2) is 4.79 Å². The Morgan fingerprint density at radius 2 is 1.95 bits per heavy atom. The molecule has 1 N–H and O–H groups in total. The molecule has 0 radical (unpaired) electrons. The highest BCUT2D eigenvalue weighted by molar-refractivity contribution is 5.96. The Bertz CT molecular complexity index is 1370. The first-order valence-electron chi connectivity index (χ1n) is 11.5. The average Bonchev–Trinajstić information content (AvgIpc) is 3.21. The van der Waals surface area contributed by atoms with E-state index in [1.807, 2.05) is 0 Å². The third kappa shape index (κ3) is 5.37. The first-order chi connectivity index (χ1) is 17.6. The average molecular weight is 512 g/mol. The summed E-state index contributed by atoms with van der Waals surface area (Å²) in [6, 6.07) is 13.0. The van der Waals surface area contributed by atoms with Crippen LogP contribution in [0.1, 0.15) is 67.3 Å². The number of nitrogens with zero attached hydrogens (tertiary/aromatic N) is 2. The van der Waals surface area contributed by atoms with E-state index in [2.05, 4.69) is 11.4 Å². The molecule has 192 valence electrons. The zero-order chi connectivity index (χ0) is 26.7. The fourth-order valence-corrected chi connectivity index (χ4v) is 4.44. The Morgan fingerprint density at radius 3 is 2.59 bits per heavy atom. The van der Waals surface area contributed by atoms with Crippen LogP contribution >= 0.6 is 0 Å². The lowest BCUT2D eigenvalue weighted by Gasteiger charge is -2.19. The summed E-state index contributed by atoms with van der Waals surface area (Å²) in [6.45, 7) is 2.24. The predicted octanol–water partition coefficient (Wildman–Crippen LogP) is 4.78. The van der Waals surface area contributed by atoms with E-state index in [1.54, 1.807) is 41.8 Å². The Balaban J connectivity index is 1.68. The van der Waals surface area contributed by atoms with Crippen molar-refractivity contribution < 1.29 is 32.2 Å². The number of amides is 1. The standard InChI is InChI=1S/C27H24F3N3O4/c1-16(18-6-8-19(9-7-18)26(35)36-2)32-25(34)24-21(13-31)22-15-37-11-10-23(22)33(24)14-17-4-3-5-20(12-17)27(28,29)30/h3-9,12,16H,10-11,14-15H2,1-2H3,(H,32,34). The van der Waals surface area contributed by atoms with Crippen LogP contribution in [0.5, 0.6) is 0 Å². The molecule has 1 aliphatic rings. The number of rotatable bonds is 6. The summed E-state index contributed by atoms with van der Waals surface area (Å²) in [6.07, 6.45) is -4.09. The number of ether oxygens (including phenoxy) is 2. The van der Waals surface area contributed by atoms with Crippen molar-refractivity contribution in [1.29, 1.82) is 5.26 Å². The van der Waals surface area contributed by atoms with Gasteiger partial charge in [-0.15, -0.1) is 0 Å². The molecule has 1 aromatic heterocycles. The monoisotopic (exact) mass is 511 g/mol. The second kappa shape index (κ2) is 10.5. The van der Waals surface area contributed by atoms with E-state index in [4.69, 9.17) is 9.47 Å². The number of methoxy groups -OCH3 is 1. The lowest BCUT2D eigenvalue weighted by Crippen LogP contribution is -2.30. The molecule has 37 heavy (non-hydrogen) atoms. The van der Waals surface area contributed by atoms with Gasteiger partial charge in [-0.2, -0.15) is 18.4 Å². The molecule has 0 saturated heterocycles. The molecule has 0 bridgehead atoms. The molecule has 0 fully saturated rings. The van der Waals surface area contributed by atoms with E-state index >= 15 is 0 Å². The maximum atomic E-state index is 13.5. The number of hydrogen-bond acceptors (Lipinski definition) is 5. The fraction of sp³-hybridized carbons (Fsp3) is 0.296. The smallest absolute Gasteiger partial charge is 0.416 e. The van der Waals surface area contributed by atoms with Gasteiger partial charge < -0.3 is 19.4 Å². The van der Waals surface area contributed by atoms with Crippen LogP contribution in [-0.2, 0) is 35.2 Å². The number of aromatic nitrogens is 1. The summed E-state index contributed by atoms with van der Waals surface area (Å²) < 4.78 is 51.7. The minimum atomic E-state index is -4.50. The van der Waals surface area contributed by atoms with Gasteiger partial charge in [0.25, 0.3) is 5.91 Å². The molecule has 0 spiro atoms. The molecule has 1 unspecified atom stereocenters. The summed E-state index contributed by atoms with van der Waals surface area (Å²) in [5.74, 6) is -1.02. The van der Waals surface area contributed by atoms with Gasteiger partial charge in [0, 0.05) is 24.2 Å². The molecule has 2 aromatic carbocycles. The van der Waals surface area contributed by atoms with Crippen LogP contribution in [0.2, 0.25) is 0 Å². The molecule has 10 heteroatoms. The van der Waals surface area contributed by atoms with Crippen LogP contribution in [-0.4, -0.2) is 30.2 Å². The Labute approximate surface area is 211 Å². The second-order valence-corrected chi connectivity index (χ2v) is 8.66. The van der Waals surface area contributed by atoms with Gasteiger partial charge in [-0.1, -0.05) is 24.3 Å². The number of alkyl halides is 3. The Kier molecular flexibility index (Phi) is 7.36. The summed E-state index contributed by atoms with van der Waals surface area (Å²) in [5, 5.41) is 12.8. The van der Waals surface area contributed by atoms with Gasteiger partial charge in [0.05, 0.1) is 43.1 Å². The first-order valence-corrected chi connectivity index (χ1v) is 11.5. The van der Waals surface area contributed by atoms with Crippen molar-refractivity contribution in [2.75, 3.05) is 13.7 Å². The van der Waals surface area contributed by atoms with Gasteiger partial charge >= 0.3 is 12.1 Å². The van der Waals surface area contributed by atoms with E-state index in [0.717, 1.165) is 12.1 Å². The van der Waals surface area contributed by atoms with Crippen LogP contribution < -0.4 is 5.32 Å². The lowest BCUT2D eigenvalue weighted by molar-refractivity contribution is -0.137. The maximum absolute atomic E-state index is 13.5. The van der Waals surface area contributed by atoms with Gasteiger partial charge in [0.15, 0.2) is 0 Å². The van der Waals surface area contributed by atoms with Gasteiger partial charge in [0.2, 0.25) is 0 Å². The minimum Gasteiger partial charge on any atom is -0.465 e. The van der Waals surface area contributed by atoms with Crippen molar-refractivity contribution >= 4 is 11.9 Å². The van der Waals surface area contributed by atoms with Gasteiger partial charge in [0.1, 0.15) is 11.8 Å². The van der Waals surface area contributed by atoms with Gasteiger partial charge in [-0.3, -0.25) is 4.79 Å². The summed E-state index contributed by atoms with van der Waals surface area (Å²) in [7, 11) is 1.28. The zero-order valence-corrected chi connectivity index (χ0v) is 20.2. The SMILES string of the molecule is COC(=O)c1ccc(C(C)NC(=O)c2c(C#N)c3c(n2Cc2cccc(C(F)(F)F)c2)CCOC3)cc1. The number of nitriles is 1. The van der Waals surface area contributed by atoms with Crippen molar-refractivity contribution in [2.24, 2.45) is 0 Å². The molecule has 7 nitrogen and oxygen atoms in total. The van der Waals surface area contributed by atoms with Crippen molar-refractivity contribution in [3.05, 3.63) is 93.3 Å². The number of esters is 1. The zero-order valence-electron chi connectivity index (χ0n) is 20.2. The highest BCUT2D eigenvalue weighted by Gasteiger charge is 2.32. The molecule has 3 aromatic rings. The highest BCUT2D eigenvalue weighted by Crippen LogP contribution is 2.32. The topological polar surface area (TPSA) is 93.4 Å². The van der Waals surface area contributed by atoms with E-state index < -0.39 is 29.7 Å². The van der Waals surface area contributed by atoms with E-state index in [9.17, 15) is 28.0 Å². The Hall–Kier alpha value is -4.10. The lowest BCUT2D eigenvalue weighted by atomic mass is 10.0. The van der Waals surface area contributed by atoms with E-state index in [0.29, 0.717) is 41.0 Å². The van der Waals surface area contributed by atoms with Crippen LogP contribution in [0.3, 0.4) is 0 Å². The van der Waals surface area contributed by atoms with Crippen LogP contribution in [0.4, 0.5) is 13.2 Å². The number of nitrogens with one attached hydrogen (secondary N) is 1. The number of halogens is 3. The first kappa shape index (κ1) is 26.0. The molecule has 1 aliphatic heterocycles. The largest absolute Gasteiger partial charge is 0.465 e. The number of fused-ring (bicyclic) bond motifs is 1. The van der Waals surface area contributed by atoms with Crippen LogP contribution in [0.25, 0.3) is 0 Å². The summed E-state index contributed by atoms with van der Waals surface area (Å²) in [4.78, 5) is 25.2. The third-order valence-corrected chi connectivity index (χ3v) is 6.31. The molecule has 0 aliphatic carbocycles. The molecule has 0 saturated carbocycles. The van der Waals surface area contributed by atoms with Crippen molar-refractivity contribution in [3.63, 3.8) is 0 Å². The summed E-state index contributed by atoms with van der Waals surface area (Å²) in [5.41, 5.74) is 2.12. The molecule has 1 atom stereocenters. The van der Waals surface area contributed by atoms with Crippen molar-refractivity contribution in [2.45, 2.75) is 38.7 Å². The molecule has 4 rings (SSSR count). The molecular formula is C27H24F3N3O4. The fourth-order valence-electron chi connectivity index (χ4n) is 4.44. The minimum absolute atomic E-state index is 0.0150. The van der Waals surface area contributed by atoms with E-state index in [-0.39, 0.29) is 24.4 Å². The van der Waals surface area contributed by atoms with Crippen molar-refractivity contribution in [3.8, 4) is 6.07 Å². The van der Waals surface area contributed by atoms with Crippen LogP contribution in [0.15, 0.2) is 48.5 Å². The highest BCUT2D eigenvalue weighted by atomic mass is 19.4. The second-order valence-electron chi connectivity index (χ2n) is 8.66. The molecule has 1 amide bonds. The normalized spacial score (nSPS) is 13.8. The quantitative estimate of drug-likeness (QED) is 0.481. The Morgan fingerprint density at radius 1 is 1.22 bits per heavy atom. The number of benzene rings is 2.